The molecule has 0 radical (unpaired) electrons. The Morgan fingerprint density at radius 2 is 2.09 bits per heavy atom. The summed E-state index contributed by atoms with van der Waals surface area (Å²) in [6, 6.07) is 0. The van der Waals surface area contributed by atoms with E-state index in [1.165, 1.54) is 36.5 Å². The van der Waals surface area contributed by atoms with Gasteiger partial charge >= 0.3 is 0 Å². The average Bonchev–Trinajstić information content (AvgIpc) is 2.62. The van der Waals surface area contributed by atoms with Gasteiger partial charge in [-0.3, -0.25) is 0 Å². The molecule has 1 heterocycles. The molecule has 1 nitrogen and oxygen atoms in total. The Morgan fingerprint density at radius 3 is 2.64 bits per heavy atom. The van der Waals surface area contributed by atoms with E-state index in [1.54, 1.807) is 0 Å². The van der Waals surface area contributed by atoms with Gasteiger partial charge in [0.25, 0.3) is 0 Å². The normalized spacial score (nSPS) is 35.2. The molecule has 0 aromatic carbocycles. The smallest absolute Gasteiger partial charge is 0.0670 e. The van der Waals surface area contributed by atoms with Crippen molar-refractivity contribution in [2.75, 3.05) is 11.0 Å². The Kier molecular flexibility index (Phi) is 2.42. The van der Waals surface area contributed by atoms with Gasteiger partial charge in [-0.2, -0.15) is 0 Å². The van der Waals surface area contributed by atoms with E-state index in [1.807, 2.05) is 0 Å². The molecular weight excluding hydrogens is 251 g/mol. The monoisotopic (exact) mass is 266 g/mol. The molecule has 0 bridgehead atoms. The number of hydrogen-bond acceptors (Lipinski definition) is 1. The van der Waals surface area contributed by atoms with Crippen molar-refractivity contribution in [3.8, 4) is 0 Å². The molecule has 1 saturated carbocycles. The van der Waals surface area contributed by atoms with Gasteiger partial charge in [-0.1, -0.05) is 35.4 Å². The van der Waals surface area contributed by atoms with Crippen molar-refractivity contribution < 1.29 is 4.74 Å². The quantitative estimate of drug-likeness (QED) is 0.524. The second kappa shape index (κ2) is 3.21. The average molecular weight is 266 g/mol. The molecule has 0 aromatic rings. The molecule has 0 amide bonds. The van der Waals surface area contributed by atoms with E-state index in [-0.39, 0.29) is 0 Å². The molecule has 1 spiro atoms. The molecule has 0 aromatic heterocycles. The third kappa shape index (κ3) is 1.57. The molecular formula is C9H15IO. The number of alkyl halides is 1. The summed E-state index contributed by atoms with van der Waals surface area (Å²) in [6.07, 6.45) is 7.67. The first-order valence-corrected chi connectivity index (χ1v) is 6.05. The standard InChI is InChI=1S/C9H15IO/c10-6-8-5-9(7-11-8)3-1-2-4-9/h8H,1-7H2. The van der Waals surface area contributed by atoms with Crippen molar-refractivity contribution in [3.05, 3.63) is 0 Å². The second-order valence-corrected chi connectivity index (χ2v) is 4.88. The lowest BCUT2D eigenvalue weighted by molar-refractivity contribution is 0.110. The van der Waals surface area contributed by atoms with Gasteiger partial charge in [0.1, 0.15) is 0 Å². The fraction of sp³-hybridized carbons (Fsp3) is 1.00. The van der Waals surface area contributed by atoms with Crippen LogP contribution in [0.15, 0.2) is 0 Å². The molecule has 2 fully saturated rings. The van der Waals surface area contributed by atoms with Gasteiger partial charge in [0, 0.05) is 4.43 Å². The lowest BCUT2D eigenvalue weighted by Gasteiger charge is -2.19. The van der Waals surface area contributed by atoms with Gasteiger partial charge in [0.15, 0.2) is 0 Å². The summed E-state index contributed by atoms with van der Waals surface area (Å²) in [5, 5.41) is 0. The zero-order valence-corrected chi connectivity index (χ0v) is 8.97. The zero-order valence-electron chi connectivity index (χ0n) is 6.81. The molecule has 64 valence electrons. The SMILES string of the molecule is ICC1CC2(CCCC2)CO1. The predicted molar refractivity (Wildman–Crippen MR) is 54.1 cm³/mol. The highest BCUT2D eigenvalue weighted by molar-refractivity contribution is 14.1. The third-order valence-electron chi connectivity index (χ3n) is 3.12. The predicted octanol–water partition coefficient (Wildman–Crippen LogP) is 2.77. The largest absolute Gasteiger partial charge is 0.377 e. The van der Waals surface area contributed by atoms with Crippen LogP contribution in [0.5, 0.6) is 0 Å². The van der Waals surface area contributed by atoms with Gasteiger partial charge < -0.3 is 4.74 Å². The van der Waals surface area contributed by atoms with E-state index < -0.39 is 0 Å². The van der Waals surface area contributed by atoms with Gasteiger partial charge in [-0.25, -0.2) is 0 Å². The fourth-order valence-electron chi connectivity index (χ4n) is 2.47. The Labute approximate surface area is 82.0 Å². The maximum Gasteiger partial charge on any atom is 0.0670 e. The van der Waals surface area contributed by atoms with Crippen LogP contribution < -0.4 is 0 Å². The number of halogens is 1. The van der Waals surface area contributed by atoms with E-state index >= 15 is 0 Å². The Morgan fingerprint density at radius 1 is 1.36 bits per heavy atom. The van der Waals surface area contributed by atoms with Gasteiger partial charge in [0.05, 0.1) is 12.7 Å². The minimum Gasteiger partial charge on any atom is -0.377 e. The minimum atomic E-state index is 0.577. The summed E-state index contributed by atoms with van der Waals surface area (Å²) in [7, 11) is 0. The van der Waals surface area contributed by atoms with Crippen LogP contribution in [0.3, 0.4) is 0 Å². The van der Waals surface area contributed by atoms with Crippen LogP contribution in [0.1, 0.15) is 32.1 Å². The van der Waals surface area contributed by atoms with Crippen molar-refractivity contribution in [1.29, 1.82) is 0 Å². The van der Waals surface area contributed by atoms with E-state index in [0.717, 1.165) is 6.61 Å². The van der Waals surface area contributed by atoms with Gasteiger partial charge in [-0.15, -0.1) is 0 Å². The maximum atomic E-state index is 5.73. The van der Waals surface area contributed by atoms with Crippen molar-refractivity contribution in [2.45, 2.75) is 38.2 Å². The number of rotatable bonds is 1. The third-order valence-corrected chi connectivity index (χ3v) is 4.10. The molecule has 11 heavy (non-hydrogen) atoms. The van der Waals surface area contributed by atoms with Crippen LogP contribution in [0, 0.1) is 5.41 Å². The summed E-state index contributed by atoms with van der Waals surface area (Å²) in [6.45, 7) is 1.06. The number of hydrogen-bond donors (Lipinski definition) is 0. The van der Waals surface area contributed by atoms with Gasteiger partial charge in [0.2, 0.25) is 0 Å². The topological polar surface area (TPSA) is 9.23 Å². The van der Waals surface area contributed by atoms with Crippen LogP contribution in [-0.2, 0) is 4.74 Å². The summed E-state index contributed by atoms with van der Waals surface area (Å²) < 4.78 is 6.91. The number of ether oxygens (including phenoxy) is 1. The van der Waals surface area contributed by atoms with Crippen LogP contribution in [0.25, 0.3) is 0 Å². The summed E-state index contributed by atoms with van der Waals surface area (Å²) in [5.41, 5.74) is 0.635. The van der Waals surface area contributed by atoms with E-state index in [2.05, 4.69) is 22.6 Å². The van der Waals surface area contributed by atoms with E-state index in [9.17, 15) is 0 Å². The Hall–Kier alpha value is 0.690. The highest BCUT2D eigenvalue weighted by Gasteiger charge is 2.41. The van der Waals surface area contributed by atoms with Crippen LogP contribution in [0.2, 0.25) is 0 Å². The maximum absolute atomic E-state index is 5.73. The lowest BCUT2D eigenvalue weighted by atomic mass is 9.84. The van der Waals surface area contributed by atoms with Crippen LogP contribution in [-0.4, -0.2) is 17.1 Å². The molecule has 2 heteroatoms. The van der Waals surface area contributed by atoms with E-state index in [0.29, 0.717) is 11.5 Å². The summed E-state index contributed by atoms with van der Waals surface area (Å²) in [4.78, 5) is 0. The van der Waals surface area contributed by atoms with Crippen molar-refractivity contribution >= 4 is 22.6 Å². The highest BCUT2D eigenvalue weighted by Crippen LogP contribution is 2.46. The second-order valence-electron chi connectivity index (χ2n) is 4.00. The fourth-order valence-corrected chi connectivity index (χ4v) is 3.03. The minimum absolute atomic E-state index is 0.577. The molecule has 1 atom stereocenters. The molecule has 1 saturated heterocycles. The summed E-state index contributed by atoms with van der Waals surface area (Å²) >= 11 is 2.43. The first-order valence-electron chi connectivity index (χ1n) is 4.52. The molecule has 1 unspecified atom stereocenters. The summed E-state index contributed by atoms with van der Waals surface area (Å²) in [5.74, 6) is 0. The molecule has 1 aliphatic carbocycles. The van der Waals surface area contributed by atoms with Crippen molar-refractivity contribution in [3.63, 3.8) is 0 Å². The van der Waals surface area contributed by atoms with Crippen molar-refractivity contribution in [2.24, 2.45) is 5.41 Å². The Bertz CT molecular complexity index is 140. The molecule has 2 aliphatic rings. The molecule has 1 aliphatic heterocycles. The lowest BCUT2D eigenvalue weighted by Crippen LogP contribution is -2.16. The van der Waals surface area contributed by atoms with Crippen molar-refractivity contribution in [1.82, 2.24) is 0 Å². The molecule has 0 N–H and O–H groups in total. The first kappa shape index (κ1) is 8.30. The Balaban J connectivity index is 1.96. The van der Waals surface area contributed by atoms with Crippen LogP contribution >= 0.6 is 22.6 Å². The zero-order chi connectivity index (χ0) is 7.73. The first-order chi connectivity index (χ1) is 5.35. The molecule has 2 rings (SSSR count). The van der Waals surface area contributed by atoms with E-state index in [4.69, 9.17) is 4.74 Å². The van der Waals surface area contributed by atoms with Gasteiger partial charge in [-0.05, 0) is 24.7 Å². The highest BCUT2D eigenvalue weighted by atomic mass is 127. The van der Waals surface area contributed by atoms with Crippen LogP contribution in [0.4, 0.5) is 0 Å².